The maximum atomic E-state index is 11.9. The van der Waals surface area contributed by atoms with Crippen molar-refractivity contribution in [1.82, 2.24) is 15.5 Å². The third-order valence-electron chi connectivity index (χ3n) is 3.51. The van der Waals surface area contributed by atoms with Gasteiger partial charge in [-0.1, -0.05) is 6.92 Å². The highest BCUT2D eigenvalue weighted by molar-refractivity contribution is 8.00. The van der Waals surface area contributed by atoms with Crippen LogP contribution in [0.15, 0.2) is 0 Å². The van der Waals surface area contributed by atoms with Crippen LogP contribution in [-0.2, 0) is 23.9 Å². The molecule has 0 spiro atoms. The van der Waals surface area contributed by atoms with Crippen molar-refractivity contribution in [3.8, 4) is 0 Å². The van der Waals surface area contributed by atoms with Gasteiger partial charge in [-0.2, -0.15) is 11.8 Å². The molecule has 4 amide bonds. The topological polar surface area (TPSA) is 105 Å². The van der Waals surface area contributed by atoms with Crippen molar-refractivity contribution in [1.29, 1.82) is 0 Å². The average molecular weight is 359 g/mol. The molecule has 1 heterocycles. The fraction of sp³-hybridized carbons (Fsp3) is 0.733. The minimum absolute atomic E-state index is 0.0263. The molecule has 8 nitrogen and oxygen atoms in total. The number of hydrogen-bond donors (Lipinski definition) is 2. The summed E-state index contributed by atoms with van der Waals surface area (Å²) < 4.78 is 5.27. The molecule has 24 heavy (non-hydrogen) atoms. The molecule has 9 heteroatoms. The van der Waals surface area contributed by atoms with E-state index in [1.807, 2.05) is 0 Å². The van der Waals surface area contributed by atoms with Gasteiger partial charge in [0.2, 0.25) is 23.6 Å². The van der Waals surface area contributed by atoms with E-state index in [4.69, 9.17) is 4.74 Å². The minimum atomic E-state index is -0.317. The smallest absolute Gasteiger partial charge is 0.242 e. The molecule has 2 N–H and O–H groups in total. The van der Waals surface area contributed by atoms with Crippen molar-refractivity contribution < 1.29 is 23.9 Å². The fourth-order valence-electron chi connectivity index (χ4n) is 2.13. The first-order valence-electron chi connectivity index (χ1n) is 7.97. The molecule has 0 aliphatic carbocycles. The molecule has 0 aromatic heterocycles. The number of likely N-dealkylation sites (tertiary alicyclic amines) is 1. The van der Waals surface area contributed by atoms with Gasteiger partial charge in [-0.3, -0.25) is 24.1 Å². The predicted octanol–water partition coefficient (Wildman–Crippen LogP) is -0.474. The molecule has 0 saturated carbocycles. The summed E-state index contributed by atoms with van der Waals surface area (Å²) >= 11 is 1.35. The fourth-order valence-corrected chi connectivity index (χ4v) is 2.76. The summed E-state index contributed by atoms with van der Waals surface area (Å²) in [6, 6.07) is 0. The van der Waals surface area contributed by atoms with Crippen LogP contribution < -0.4 is 10.6 Å². The van der Waals surface area contributed by atoms with Crippen LogP contribution in [0.4, 0.5) is 0 Å². The quantitative estimate of drug-likeness (QED) is 0.382. The van der Waals surface area contributed by atoms with E-state index in [2.05, 4.69) is 10.6 Å². The summed E-state index contributed by atoms with van der Waals surface area (Å²) in [5.41, 5.74) is 0. The first kappa shape index (κ1) is 20.4. The van der Waals surface area contributed by atoms with Crippen molar-refractivity contribution in [2.75, 3.05) is 39.1 Å². The number of nitrogens with zero attached hydrogens (tertiary/aromatic N) is 1. The highest BCUT2D eigenvalue weighted by Gasteiger charge is 2.37. The number of ether oxygens (including phenoxy) is 1. The molecule has 0 aromatic rings. The van der Waals surface area contributed by atoms with Gasteiger partial charge >= 0.3 is 0 Å². The van der Waals surface area contributed by atoms with Crippen LogP contribution in [0.2, 0.25) is 0 Å². The van der Waals surface area contributed by atoms with Gasteiger partial charge in [0.1, 0.15) is 0 Å². The van der Waals surface area contributed by atoms with Crippen LogP contribution in [0.25, 0.3) is 0 Å². The standard InChI is InChI=1S/C15H25N3O5S/c1-3-12(19)16-5-8-23-9-6-17-13(20)4-7-18-14(21)10-11(24-2)15(18)22/h11H,3-10H2,1-2H3,(H,16,19)(H,17,20). The maximum absolute atomic E-state index is 11.9. The lowest BCUT2D eigenvalue weighted by Crippen LogP contribution is -2.36. The molecule has 136 valence electrons. The van der Waals surface area contributed by atoms with E-state index in [1.54, 1.807) is 13.2 Å². The lowest BCUT2D eigenvalue weighted by molar-refractivity contribution is -0.138. The third kappa shape index (κ3) is 6.88. The number of hydrogen-bond acceptors (Lipinski definition) is 6. The molecule has 1 aliphatic heterocycles. The van der Waals surface area contributed by atoms with Gasteiger partial charge in [0.05, 0.1) is 18.5 Å². The second kappa shape index (κ2) is 11.0. The van der Waals surface area contributed by atoms with Crippen LogP contribution in [0.5, 0.6) is 0 Å². The van der Waals surface area contributed by atoms with E-state index in [9.17, 15) is 19.2 Å². The Bertz CT molecular complexity index is 472. The van der Waals surface area contributed by atoms with Crippen molar-refractivity contribution in [3.05, 3.63) is 0 Å². The predicted molar refractivity (Wildman–Crippen MR) is 90.4 cm³/mol. The SMILES string of the molecule is CCC(=O)NCCOCCNC(=O)CCN1C(=O)CC(SC)C1=O. The van der Waals surface area contributed by atoms with Crippen LogP contribution in [0, 0.1) is 0 Å². The van der Waals surface area contributed by atoms with E-state index in [0.29, 0.717) is 32.7 Å². The highest BCUT2D eigenvalue weighted by Crippen LogP contribution is 2.22. The summed E-state index contributed by atoms with van der Waals surface area (Å²) in [5, 5.41) is 5.03. The largest absolute Gasteiger partial charge is 0.378 e. The van der Waals surface area contributed by atoms with E-state index < -0.39 is 0 Å². The lowest BCUT2D eigenvalue weighted by Gasteiger charge is -2.14. The number of rotatable bonds is 11. The molecule has 0 radical (unpaired) electrons. The second-order valence-electron chi connectivity index (χ2n) is 5.23. The number of thioether (sulfide) groups is 1. The Hall–Kier alpha value is -1.61. The van der Waals surface area contributed by atoms with Gasteiger partial charge < -0.3 is 15.4 Å². The Morgan fingerprint density at radius 3 is 2.38 bits per heavy atom. The van der Waals surface area contributed by atoms with Crippen LogP contribution in [0.1, 0.15) is 26.2 Å². The zero-order valence-corrected chi connectivity index (χ0v) is 14.9. The molecule has 1 rings (SSSR count). The summed E-state index contributed by atoms with van der Waals surface area (Å²) in [7, 11) is 0. The van der Waals surface area contributed by atoms with Gasteiger partial charge in [-0.05, 0) is 6.26 Å². The number of carbonyl (C=O) groups excluding carboxylic acids is 4. The van der Waals surface area contributed by atoms with Crippen molar-refractivity contribution >= 4 is 35.4 Å². The molecule has 0 aromatic carbocycles. The van der Waals surface area contributed by atoms with E-state index in [1.165, 1.54) is 11.8 Å². The molecule has 1 atom stereocenters. The third-order valence-corrected chi connectivity index (χ3v) is 4.45. The number of nitrogens with one attached hydrogen (secondary N) is 2. The van der Waals surface area contributed by atoms with Crippen LogP contribution in [0.3, 0.4) is 0 Å². The van der Waals surface area contributed by atoms with Gasteiger partial charge in [-0.25, -0.2) is 0 Å². The zero-order valence-electron chi connectivity index (χ0n) is 14.1. The molecular weight excluding hydrogens is 334 g/mol. The van der Waals surface area contributed by atoms with E-state index in [0.717, 1.165) is 4.90 Å². The van der Waals surface area contributed by atoms with Crippen molar-refractivity contribution in [2.24, 2.45) is 0 Å². The van der Waals surface area contributed by atoms with Gasteiger partial charge in [0.25, 0.3) is 0 Å². The van der Waals surface area contributed by atoms with Gasteiger partial charge in [0, 0.05) is 38.9 Å². The molecule has 1 fully saturated rings. The Kier molecular flexibility index (Phi) is 9.39. The second-order valence-corrected chi connectivity index (χ2v) is 6.27. The van der Waals surface area contributed by atoms with Crippen LogP contribution in [-0.4, -0.2) is 72.9 Å². The Morgan fingerprint density at radius 1 is 1.21 bits per heavy atom. The zero-order chi connectivity index (χ0) is 17.9. The summed E-state index contributed by atoms with van der Waals surface area (Å²) in [5.74, 6) is -0.685. The normalized spacial score (nSPS) is 17.2. The number of imide groups is 1. The van der Waals surface area contributed by atoms with Crippen molar-refractivity contribution in [2.45, 2.75) is 31.4 Å². The summed E-state index contributed by atoms with van der Waals surface area (Å²) in [6.07, 6.45) is 2.53. The van der Waals surface area contributed by atoms with Crippen LogP contribution >= 0.6 is 11.8 Å². The minimum Gasteiger partial charge on any atom is -0.378 e. The Morgan fingerprint density at radius 2 is 1.83 bits per heavy atom. The number of amides is 4. The van der Waals surface area contributed by atoms with E-state index >= 15 is 0 Å². The number of carbonyl (C=O) groups is 4. The molecule has 1 unspecified atom stereocenters. The molecule has 1 aliphatic rings. The average Bonchev–Trinajstić information content (AvgIpc) is 2.85. The highest BCUT2D eigenvalue weighted by atomic mass is 32.2. The van der Waals surface area contributed by atoms with Crippen molar-refractivity contribution in [3.63, 3.8) is 0 Å². The molecule has 0 bridgehead atoms. The Labute approximate surface area is 146 Å². The molecule has 1 saturated heterocycles. The Balaban J connectivity index is 2.07. The maximum Gasteiger partial charge on any atom is 0.242 e. The summed E-state index contributed by atoms with van der Waals surface area (Å²) in [6.45, 7) is 3.39. The van der Waals surface area contributed by atoms with Gasteiger partial charge in [0.15, 0.2) is 0 Å². The summed E-state index contributed by atoms with van der Waals surface area (Å²) in [4.78, 5) is 47.4. The first-order valence-corrected chi connectivity index (χ1v) is 9.26. The molecular formula is C15H25N3O5S. The monoisotopic (exact) mass is 359 g/mol. The van der Waals surface area contributed by atoms with E-state index in [-0.39, 0.29) is 48.3 Å². The van der Waals surface area contributed by atoms with Gasteiger partial charge in [-0.15, -0.1) is 0 Å². The lowest BCUT2D eigenvalue weighted by atomic mass is 10.3. The first-order chi connectivity index (χ1) is 11.5.